The largest absolute Gasteiger partial charge is 0.469 e. The molecule has 0 radical (unpaired) electrons. The molecule has 0 heterocycles. The van der Waals surface area contributed by atoms with E-state index in [1.165, 1.54) is 20.0 Å². The minimum atomic E-state index is -0.526. The first-order valence-electron chi connectivity index (χ1n) is 7.04. The molecule has 0 saturated heterocycles. The van der Waals surface area contributed by atoms with Crippen LogP contribution in [0.15, 0.2) is 0 Å². The van der Waals surface area contributed by atoms with Crippen LogP contribution >= 0.6 is 0 Å². The lowest BCUT2D eigenvalue weighted by atomic mass is 9.79. The molecule has 0 aromatic carbocycles. The number of nitrogens with two attached hydrogens (primary N) is 1. The van der Waals surface area contributed by atoms with Gasteiger partial charge < -0.3 is 15.2 Å². The molecule has 0 spiro atoms. The molecule has 1 fully saturated rings. The molecule has 106 valence electrons. The maximum absolute atomic E-state index is 12.0. The zero-order valence-electron chi connectivity index (χ0n) is 11.7. The van der Waals surface area contributed by atoms with E-state index in [0.29, 0.717) is 25.5 Å². The van der Waals surface area contributed by atoms with Crippen LogP contribution < -0.4 is 5.73 Å². The molecular formula is C14H27NO3. The standard InChI is InChI=1S/C14H27NO3/c1-3-4-8-18-9-7-14(11-15,13(16)17-2)10-12-5-6-12/h12H,3-11,15H2,1-2H3. The molecule has 18 heavy (non-hydrogen) atoms. The SMILES string of the molecule is CCCCOCCC(CN)(CC1CC1)C(=O)OC. The van der Waals surface area contributed by atoms with Crippen LogP contribution in [0.1, 0.15) is 45.4 Å². The number of carbonyl (C=O) groups is 1. The summed E-state index contributed by atoms with van der Waals surface area (Å²) < 4.78 is 10.5. The second-order valence-electron chi connectivity index (χ2n) is 5.34. The summed E-state index contributed by atoms with van der Waals surface area (Å²) in [4.78, 5) is 12.0. The Labute approximate surface area is 110 Å². The van der Waals surface area contributed by atoms with Crippen LogP contribution in [0.2, 0.25) is 0 Å². The monoisotopic (exact) mass is 257 g/mol. The fourth-order valence-electron chi connectivity index (χ4n) is 2.26. The summed E-state index contributed by atoms with van der Waals surface area (Å²) in [5, 5.41) is 0. The summed E-state index contributed by atoms with van der Waals surface area (Å²) in [7, 11) is 1.44. The van der Waals surface area contributed by atoms with Crippen molar-refractivity contribution in [3.05, 3.63) is 0 Å². The van der Waals surface area contributed by atoms with Gasteiger partial charge >= 0.3 is 5.97 Å². The smallest absolute Gasteiger partial charge is 0.313 e. The maximum atomic E-state index is 12.0. The van der Waals surface area contributed by atoms with Crippen molar-refractivity contribution in [2.24, 2.45) is 17.1 Å². The number of hydrogen-bond donors (Lipinski definition) is 1. The van der Waals surface area contributed by atoms with Gasteiger partial charge in [0.05, 0.1) is 12.5 Å². The molecule has 2 N–H and O–H groups in total. The van der Waals surface area contributed by atoms with Gasteiger partial charge in [-0.25, -0.2) is 0 Å². The molecular weight excluding hydrogens is 230 g/mol. The average Bonchev–Trinajstić information content (AvgIpc) is 3.20. The first kappa shape index (κ1) is 15.4. The van der Waals surface area contributed by atoms with Crippen molar-refractivity contribution in [3.63, 3.8) is 0 Å². The molecule has 1 saturated carbocycles. The van der Waals surface area contributed by atoms with E-state index in [9.17, 15) is 4.79 Å². The lowest BCUT2D eigenvalue weighted by Crippen LogP contribution is -2.41. The van der Waals surface area contributed by atoms with Crippen molar-refractivity contribution in [2.75, 3.05) is 26.9 Å². The second-order valence-corrected chi connectivity index (χ2v) is 5.34. The summed E-state index contributed by atoms with van der Waals surface area (Å²) >= 11 is 0. The fraction of sp³-hybridized carbons (Fsp3) is 0.929. The van der Waals surface area contributed by atoms with Crippen molar-refractivity contribution >= 4 is 5.97 Å². The van der Waals surface area contributed by atoms with E-state index < -0.39 is 5.41 Å². The molecule has 1 unspecified atom stereocenters. The topological polar surface area (TPSA) is 61.5 Å². The van der Waals surface area contributed by atoms with Gasteiger partial charge in [0.1, 0.15) is 0 Å². The second kappa shape index (κ2) is 7.74. The van der Waals surface area contributed by atoms with Gasteiger partial charge in [-0.05, 0) is 25.2 Å². The molecule has 1 aliphatic rings. The Bertz CT molecular complexity index is 253. The molecule has 1 aliphatic carbocycles. The fourth-order valence-corrected chi connectivity index (χ4v) is 2.26. The number of rotatable bonds is 10. The van der Waals surface area contributed by atoms with Gasteiger partial charge in [-0.1, -0.05) is 26.2 Å². The van der Waals surface area contributed by atoms with Gasteiger partial charge in [0.15, 0.2) is 0 Å². The number of esters is 1. The van der Waals surface area contributed by atoms with E-state index in [4.69, 9.17) is 15.2 Å². The average molecular weight is 257 g/mol. The molecule has 1 rings (SSSR count). The van der Waals surface area contributed by atoms with Crippen LogP contribution in [0.25, 0.3) is 0 Å². The Morgan fingerprint density at radius 1 is 1.39 bits per heavy atom. The summed E-state index contributed by atoms with van der Waals surface area (Å²) in [5.74, 6) is 0.485. The third-order valence-corrected chi connectivity index (χ3v) is 3.75. The molecule has 0 aromatic heterocycles. The molecule has 4 nitrogen and oxygen atoms in total. The first-order valence-corrected chi connectivity index (χ1v) is 7.04. The van der Waals surface area contributed by atoms with Crippen LogP contribution in [-0.4, -0.2) is 32.8 Å². The van der Waals surface area contributed by atoms with E-state index in [1.807, 2.05) is 0 Å². The number of carbonyl (C=O) groups excluding carboxylic acids is 1. The van der Waals surface area contributed by atoms with Crippen LogP contribution in [0.4, 0.5) is 0 Å². The van der Waals surface area contributed by atoms with Crippen molar-refractivity contribution in [2.45, 2.75) is 45.4 Å². The van der Waals surface area contributed by atoms with Gasteiger partial charge in [-0.2, -0.15) is 0 Å². The normalized spacial score (nSPS) is 18.4. The number of methoxy groups -OCH3 is 1. The van der Waals surface area contributed by atoms with Gasteiger partial charge in [0.2, 0.25) is 0 Å². The molecule has 0 amide bonds. The highest BCUT2D eigenvalue weighted by atomic mass is 16.5. The van der Waals surface area contributed by atoms with Crippen molar-refractivity contribution in [1.82, 2.24) is 0 Å². The predicted octanol–water partition coefficient (Wildman–Crippen LogP) is 2.11. The Hall–Kier alpha value is -0.610. The molecule has 1 atom stereocenters. The Morgan fingerprint density at radius 3 is 2.61 bits per heavy atom. The van der Waals surface area contributed by atoms with E-state index in [0.717, 1.165) is 25.9 Å². The van der Waals surface area contributed by atoms with Crippen molar-refractivity contribution in [3.8, 4) is 0 Å². The van der Waals surface area contributed by atoms with Crippen LogP contribution in [-0.2, 0) is 14.3 Å². The quantitative estimate of drug-likeness (QED) is 0.481. The minimum absolute atomic E-state index is 0.170. The minimum Gasteiger partial charge on any atom is -0.469 e. The molecule has 0 aliphatic heterocycles. The van der Waals surface area contributed by atoms with E-state index in [2.05, 4.69) is 6.92 Å². The molecule has 0 bridgehead atoms. The van der Waals surface area contributed by atoms with E-state index in [1.54, 1.807) is 0 Å². The van der Waals surface area contributed by atoms with Crippen LogP contribution in [0.3, 0.4) is 0 Å². The van der Waals surface area contributed by atoms with Crippen LogP contribution in [0.5, 0.6) is 0 Å². The zero-order chi connectivity index (χ0) is 13.4. The lowest BCUT2D eigenvalue weighted by molar-refractivity contribution is -0.154. The first-order chi connectivity index (χ1) is 8.68. The Morgan fingerprint density at radius 2 is 2.11 bits per heavy atom. The third kappa shape index (κ3) is 4.58. The summed E-state index contributed by atoms with van der Waals surface area (Å²) in [5.41, 5.74) is 5.32. The van der Waals surface area contributed by atoms with Gasteiger partial charge in [-0.15, -0.1) is 0 Å². The summed E-state index contributed by atoms with van der Waals surface area (Å²) in [6, 6.07) is 0. The summed E-state index contributed by atoms with van der Waals surface area (Å²) in [6.07, 6.45) is 6.16. The third-order valence-electron chi connectivity index (χ3n) is 3.75. The van der Waals surface area contributed by atoms with Gasteiger partial charge in [-0.3, -0.25) is 4.79 Å². The highest BCUT2D eigenvalue weighted by Crippen LogP contribution is 2.42. The highest BCUT2D eigenvalue weighted by Gasteiger charge is 2.42. The van der Waals surface area contributed by atoms with Gasteiger partial charge in [0, 0.05) is 19.8 Å². The zero-order valence-corrected chi connectivity index (χ0v) is 11.7. The van der Waals surface area contributed by atoms with Gasteiger partial charge in [0.25, 0.3) is 0 Å². The molecule has 0 aromatic rings. The highest BCUT2D eigenvalue weighted by molar-refractivity contribution is 5.77. The summed E-state index contributed by atoms with van der Waals surface area (Å²) in [6.45, 7) is 3.85. The Kier molecular flexibility index (Phi) is 6.65. The Balaban J connectivity index is 2.44. The van der Waals surface area contributed by atoms with E-state index in [-0.39, 0.29) is 5.97 Å². The molecule has 4 heteroatoms. The predicted molar refractivity (Wildman–Crippen MR) is 71.2 cm³/mol. The maximum Gasteiger partial charge on any atom is 0.313 e. The number of unbranched alkanes of at least 4 members (excludes halogenated alkanes) is 1. The number of hydrogen-bond acceptors (Lipinski definition) is 4. The van der Waals surface area contributed by atoms with Crippen LogP contribution in [0, 0.1) is 11.3 Å². The van der Waals surface area contributed by atoms with Crippen molar-refractivity contribution in [1.29, 1.82) is 0 Å². The lowest BCUT2D eigenvalue weighted by Gasteiger charge is -2.29. The van der Waals surface area contributed by atoms with E-state index >= 15 is 0 Å². The number of ether oxygens (including phenoxy) is 2. The van der Waals surface area contributed by atoms with Crippen molar-refractivity contribution < 1.29 is 14.3 Å².